The van der Waals surface area contributed by atoms with E-state index in [0.717, 1.165) is 43.2 Å². The molecule has 0 unspecified atom stereocenters. The van der Waals surface area contributed by atoms with E-state index in [1.54, 1.807) is 30.5 Å². The molecule has 1 fully saturated rings. The third-order valence-electron chi connectivity index (χ3n) is 6.49. The first-order valence-electron chi connectivity index (χ1n) is 11.6. The molecule has 0 saturated heterocycles. The van der Waals surface area contributed by atoms with E-state index < -0.39 is 0 Å². The highest BCUT2D eigenvalue weighted by Crippen LogP contribution is 2.36. The van der Waals surface area contributed by atoms with Crippen molar-refractivity contribution in [1.82, 2.24) is 15.3 Å². The lowest BCUT2D eigenvalue weighted by atomic mass is 9.91. The number of nitrogens with one attached hydrogen (secondary N) is 2. The second kappa shape index (κ2) is 9.36. The summed E-state index contributed by atoms with van der Waals surface area (Å²) in [6, 6.07) is 15.4. The number of hydrogen-bond acceptors (Lipinski definition) is 5. The first-order valence-corrected chi connectivity index (χ1v) is 11.6. The second-order valence-electron chi connectivity index (χ2n) is 8.82. The molecule has 3 aromatic rings. The number of fused-ring (bicyclic) bond motifs is 1. The topological polar surface area (TPSA) is 97.3 Å². The Kier molecular flexibility index (Phi) is 5.96. The van der Waals surface area contributed by atoms with Crippen LogP contribution in [0.4, 0.5) is 17.3 Å². The summed E-state index contributed by atoms with van der Waals surface area (Å²) >= 11 is 0. The monoisotopic (exact) mass is 450 g/mol. The molecule has 2 atom stereocenters. The summed E-state index contributed by atoms with van der Waals surface area (Å²) in [4.78, 5) is 25.4. The van der Waals surface area contributed by atoms with Crippen LogP contribution in [0.2, 0.25) is 0 Å². The van der Waals surface area contributed by atoms with E-state index in [-0.39, 0.29) is 18.0 Å². The first-order chi connectivity index (χ1) is 16.6. The van der Waals surface area contributed by atoms with Gasteiger partial charge in [0.25, 0.3) is 5.91 Å². The molecule has 2 aromatic carbocycles. The summed E-state index contributed by atoms with van der Waals surface area (Å²) in [5, 5.41) is 6.60. The Balaban J connectivity index is 1.29. The van der Waals surface area contributed by atoms with E-state index >= 15 is 0 Å². The Morgan fingerprint density at radius 3 is 2.71 bits per heavy atom. The molecule has 4 N–H and O–H groups in total. The molecule has 0 aliphatic heterocycles. The van der Waals surface area contributed by atoms with Gasteiger partial charge in [-0.15, -0.1) is 0 Å². The molecule has 0 radical (unpaired) electrons. The summed E-state index contributed by atoms with van der Waals surface area (Å²) in [7, 11) is 0. The zero-order chi connectivity index (χ0) is 23.5. The van der Waals surface area contributed by atoms with Crippen LogP contribution in [0.5, 0.6) is 0 Å². The molecular formula is C27H26N6O. The zero-order valence-electron chi connectivity index (χ0n) is 18.8. The third kappa shape index (κ3) is 4.48. The number of nitrogens with zero attached hydrogens (tertiary/aromatic N) is 3. The van der Waals surface area contributed by atoms with Crippen molar-refractivity contribution in [2.45, 2.75) is 44.2 Å². The number of nitrogens with two attached hydrogens (primary N) is 1. The number of hydrogen-bond donors (Lipinski definition) is 3. The molecule has 34 heavy (non-hydrogen) atoms. The average molecular weight is 451 g/mol. The van der Waals surface area contributed by atoms with Gasteiger partial charge in [-0.05, 0) is 73.1 Å². The summed E-state index contributed by atoms with van der Waals surface area (Å²) in [5.74, 6) is 0.431. The number of carbonyl (C=O) groups excluding carboxylic acids is 1. The van der Waals surface area contributed by atoms with Gasteiger partial charge in [-0.1, -0.05) is 30.3 Å². The Hall–Kier alpha value is -4.18. The van der Waals surface area contributed by atoms with Crippen molar-refractivity contribution in [3.05, 3.63) is 94.6 Å². The molecular weight excluding hydrogens is 424 g/mol. The molecule has 1 amide bonds. The van der Waals surface area contributed by atoms with Crippen LogP contribution in [0.3, 0.4) is 0 Å². The SMILES string of the molecule is [C-]#[N+]c1cnc(N[C@@H]2CCC[C@H](NC(=O)c3ccc(N)cc3)C2)nc1C1=CCc2ccccc21. The van der Waals surface area contributed by atoms with E-state index in [1.807, 2.05) is 12.1 Å². The molecule has 2 aliphatic carbocycles. The molecule has 5 rings (SSSR count). The van der Waals surface area contributed by atoms with E-state index in [0.29, 0.717) is 28.6 Å². The minimum absolute atomic E-state index is 0.0719. The van der Waals surface area contributed by atoms with Crippen molar-refractivity contribution in [3.63, 3.8) is 0 Å². The predicted octanol–water partition coefficient (Wildman–Crippen LogP) is 4.75. The summed E-state index contributed by atoms with van der Waals surface area (Å²) in [6.07, 6.45) is 8.27. The van der Waals surface area contributed by atoms with Gasteiger partial charge in [-0.25, -0.2) is 14.8 Å². The Bertz CT molecular complexity index is 1290. The highest BCUT2D eigenvalue weighted by atomic mass is 16.1. The first kappa shape index (κ1) is 21.7. The maximum Gasteiger partial charge on any atom is 0.251 e. The average Bonchev–Trinajstić information content (AvgIpc) is 3.29. The van der Waals surface area contributed by atoms with E-state index in [4.69, 9.17) is 17.3 Å². The quantitative estimate of drug-likeness (QED) is 0.385. The van der Waals surface area contributed by atoms with E-state index in [9.17, 15) is 4.79 Å². The minimum Gasteiger partial charge on any atom is -0.399 e. The normalized spacial score (nSPS) is 19.0. The van der Waals surface area contributed by atoms with E-state index in [2.05, 4.69) is 38.7 Å². The molecule has 2 aliphatic rings. The standard InChI is InChI=1S/C27H26N6O/c1-29-24-16-30-27(33-25(24)23-14-11-17-5-2-3-8-22(17)23)32-21-7-4-6-20(15-21)31-26(34)18-9-12-19(28)13-10-18/h2-3,5,8-10,12-14,16,20-21H,4,6-7,11,15,28H2,(H,31,34)(H,30,32,33)/t20-,21+/m0/s1. The summed E-state index contributed by atoms with van der Waals surface area (Å²) < 4.78 is 0. The Labute approximate surface area is 199 Å². The molecule has 7 nitrogen and oxygen atoms in total. The van der Waals surface area contributed by atoms with Crippen molar-refractivity contribution in [3.8, 4) is 0 Å². The van der Waals surface area contributed by atoms with Crippen LogP contribution in [0.25, 0.3) is 10.4 Å². The van der Waals surface area contributed by atoms with Crippen LogP contribution >= 0.6 is 0 Å². The summed E-state index contributed by atoms with van der Waals surface area (Å²) in [5.41, 5.74) is 11.4. The van der Waals surface area contributed by atoms with Gasteiger partial charge >= 0.3 is 0 Å². The number of carbonyl (C=O) groups is 1. The number of amides is 1. The van der Waals surface area contributed by atoms with Gasteiger partial charge in [0.15, 0.2) is 0 Å². The van der Waals surface area contributed by atoms with E-state index in [1.165, 1.54) is 5.56 Å². The van der Waals surface area contributed by atoms with Crippen molar-refractivity contribution >= 4 is 28.8 Å². The molecule has 7 heteroatoms. The Morgan fingerprint density at radius 2 is 1.88 bits per heavy atom. The Morgan fingerprint density at radius 1 is 1.09 bits per heavy atom. The number of allylic oxidation sites excluding steroid dienone is 1. The van der Waals surface area contributed by atoms with Crippen molar-refractivity contribution in [2.75, 3.05) is 11.1 Å². The van der Waals surface area contributed by atoms with Crippen molar-refractivity contribution in [2.24, 2.45) is 0 Å². The van der Waals surface area contributed by atoms with Crippen LogP contribution in [0.1, 0.15) is 52.9 Å². The highest BCUT2D eigenvalue weighted by molar-refractivity contribution is 5.94. The van der Waals surface area contributed by atoms with Gasteiger partial charge in [0.2, 0.25) is 11.6 Å². The lowest BCUT2D eigenvalue weighted by Crippen LogP contribution is -2.42. The van der Waals surface area contributed by atoms with Crippen LogP contribution in [-0.2, 0) is 6.42 Å². The molecule has 0 spiro atoms. The smallest absolute Gasteiger partial charge is 0.251 e. The predicted molar refractivity (Wildman–Crippen MR) is 134 cm³/mol. The molecule has 1 saturated carbocycles. The van der Waals surface area contributed by atoms with Gasteiger partial charge in [0.05, 0.1) is 12.3 Å². The van der Waals surface area contributed by atoms with Gasteiger partial charge in [-0.2, -0.15) is 0 Å². The zero-order valence-corrected chi connectivity index (χ0v) is 18.8. The number of aromatic nitrogens is 2. The number of rotatable bonds is 5. The second-order valence-corrected chi connectivity index (χ2v) is 8.82. The molecule has 1 aromatic heterocycles. The molecule has 170 valence electrons. The highest BCUT2D eigenvalue weighted by Gasteiger charge is 2.25. The summed E-state index contributed by atoms with van der Waals surface area (Å²) in [6.45, 7) is 7.58. The molecule has 0 bridgehead atoms. The van der Waals surface area contributed by atoms with Crippen LogP contribution in [0, 0.1) is 6.57 Å². The molecule has 1 heterocycles. The third-order valence-corrected chi connectivity index (χ3v) is 6.49. The largest absolute Gasteiger partial charge is 0.399 e. The maximum absolute atomic E-state index is 12.6. The van der Waals surface area contributed by atoms with Gasteiger partial charge in [-0.3, -0.25) is 4.79 Å². The van der Waals surface area contributed by atoms with Gasteiger partial charge < -0.3 is 16.4 Å². The minimum atomic E-state index is -0.0857. The maximum atomic E-state index is 12.6. The lowest BCUT2D eigenvalue weighted by Gasteiger charge is -2.30. The fourth-order valence-electron chi connectivity index (χ4n) is 4.77. The van der Waals surface area contributed by atoms with Gasteiger partial charge in [0.1, 0.15) is 0 Å². The van der Waals surface area contributed by atoms with Crippen molar-refractivity contribution < 1.29 is 4.79 Å². The number of nitrogen functional groups attached to an aromatic ring is 1. The van der Waals surface area contributed by atoms with Crippen LogP contribution in [0.15, 0.2) is 60.8 Å². The number of benzene rings is 2. The van der Waals surface area contributed by atoms with Crippen molar-refractivity contribution in [1.29, 1.82) is 0 Å². The fourth-order valence-corrected chi connectivity index (χ4v) is 4.77. The van der Waals surface area contributed by atoms with Crippen LogP contribution < -0.4 is 16.4 Å². The van der Waals surface area contributed by atoms with Crippen LogP contribution in [-0.4, -0.2) is 28.0 Å². The van der Waals surface area contributed by atoms with Gasteiger partial charge in [0, 0.05) is 29.5 Å². The number of anilines is 2. The lowest BCUT2D eigenvalue weighted by molar-refractivity contribution is 0.0926. The fraction of sp³-hybridized carbons (Fsp3) is 0.259.